The number of anilines is 2. The van der Waals surface area contributed by atoms with Crippen LogP contribution in [-0.2, 0) is 9.59 Å². The zero-order valence-electron chi connectivity index (χ0n) is 13.0. The van der Waals surface area contributed by atoms with Gasteiger partial charge >= 0.3 is 0 Å². The van der Waals surface area contributed by atoms with E-state index in [1.165, 1.54) is 14.0 Å². The van der Waals surface area contributed by atoms with Gasteiger partial charge in [0.15, 0.2) is 18.1 Å². The Morgan fingerprint density at radius 1 is 0.913 bits per heavy atom. The number of hydrogen-bond donors (Lipinski definition) is 2. The largest absolute Gasteiger partial charge is 0.493 e. The van der Waals surface area contributed by atoms with E-state index in [9.17, 15) is 9.59 Å². The third-order valence-electron chi connectivity index (χ3n) is 2.94. The van der Waals surface area contributed by atoms with Gasteiger partial charge in [0.1, 0.15) is 0 Å². The molecule has 2 amide bonds. The van der Waals surface area contributed by atoms with E-state index in [-0.39, 0.29) is 18.4 Å². The predicted molar refractivity (Wildman–Crippen MR) is 87.9 cm³/mol. The fourth-order valence-electron chi connectivity index (χ4n) is 1.96. The van der Waals surface area contributed by atoms with E-state index in [1.54, 1.807) is 42.5 Å². The third-order valence-corrected chi connectivity index (χ3v) is 2.94. The van der Waals surface area contributed by atoms with Crippen molar-refractivity contribution >= 4 is 23.2 Å². The van der Waals surface area contributed by atoms with Crippen molar-refractivity contribution in [1.29, 1.82) is 0 Å². The van der Waals surface area contributed by atoms with Crippen molar-refractivity contribution < 1.29 is 19.1 Å². The van der Waals surface area contributed by atoms with Crippen molar-refractivity contribution in [2.24, 2.45) is 0 Å². The minimum atomic E-state index is -0.339. The Hall–Kier alpha value is -3.02. The van der Waals surface area contributed by atoms with Crippen LogP contribution in [0.5, 0.6) is 11.5 Å². The zero-order chi connectivity index (χ0) is 16.7. The van der Waals surface area contributed by atoms with E-state index in [0.717, 1.165) is 0 Å². The number of carbonyl (C=O) groups is 2. The molecule has 2 aromatic carbocycles. The molecular weight excluding hydrogens is 296 g/mol. The number of benzene rings is 2. The van der Waals surface area contributed by atoms with Gasteiger partial charge in [-0.2, -0.15) is 0 Å². The second kappa shape index (κ2) is 7.84. The van der Waals surface area contributed by atoms with Gasteiger partial charge in [0.05, 0.1) is 18.5 Å². The highest BCUT2D eigenvalue weighted by atomic mass is 16.5. The molecule has 6 heteroatoms. The highest BCUT2D eigenvalue weighted by molar-refractivity contribution is 5.99. The van der Waals surface area contributed by atoms with Crippen LogP contribution in [0.25, 0.3) is 0 Å². The van der Waals surface area contributed by atoms with Gasteiger partial charge in [-0.05, 0) is 24.3 Å². The molecule has 0 aromatic heterocycles. The smallest absolute Gasteiger partial charge is 0.262 e. The number of carbonyl (C=O) groups excluding carboxylic acids is 2. The molecule has 0 spiro atoms. The fourth-order valence-corrected chi connectivity index (χ4v) is 1.96. The maximum atomic E-state index is 12.0. The Bertz CT molecular complexity index is 700. The predicted octanol–water partition coefficient (Wildman–Crippen LogP) is 2.67. The Morgan fingerprint density at radius 2 is 1.48 bits per heavy atom. The summed E-state index contributed by atoms with van der Waals surface area (Å²) in [6.07, 6.45) is 0. The standard InChI is InChI=1S/C17H18N2O4/c1-12(20)18-13-7-3-4-8-14(13)19-17(21)11-23-16-10-6-5-9-15(16)22-2/h3-10H,11H2,1-2H3,(H,18,20)(H,19,21). The summed E-state index contributed by atoms with van der Waals surface area (Å²) in [5, 5.41) is 5.36. The lowest BCUT2D eigenvalue weighted by atomic mass is 10.2. The van der Waals surface area contributed by atoms with Gasteiger partial charge in [0, 0.05) is 6.92 Å². The van der Waals surface area contributed by atoms with Gasteiger partial charge in [0.2, 0.25) is 5.91 Å². The van der Waals surface area contributed by atoms with Gasteiger partial charge in [-0.15, -0.1) is 0 Å². The second-order valence-electron chi connectivity index (χ2n) is 4.71. The van der Waals surface area contributed by atoms with Crippen LogP contribution in [0.4, 0.5) is 11.4 Å². The number of nitrogens with one attached hydrogen (secondary N) is 2. The Morgan fingerprint density at radius 3 is 2.09 bits per heavy atom. The molecule has 23 heavy (non-hydrogen) atoms. The van der Waals surface area contributed by atoms with Gasteiger partial charge in [-0.3, -0.25) is 9.59 Å². The van der Waals surface area contributed by atoms with E-state index in [4.69, 9.17) is 9.47 Å². The van der Waals surface area contributed by atoms with Crippen LogP contribution in [-0.4, -0.2) is 25.5 Å². The number of rotatable bonds is 6. The van der Waals surface area contributed by atoms with Crippen LogP contribution in [0.15, 0.2) is 48.5 Å². The highest BCUT2D eigenvalue weighted by Gasteiger charge is 2.10. The van der Waals surface area contributed by atoms with Crippen LogP contribution < -0.4 is 20.1 Å². The van der Waals surface area contributed by atoms with Crippen LogP contribution in [0.3, 0.4) is 0 Å². The summed E-state index contributed by atoms with van der Waals surface area (Å²) in [5.41, 5.74) is 1.04. The molecule has 2 aromatic rings. The van der Waals surface area contributed by atoms with E-state index >= 15 is 0 Å². The number of amides is 2. The number of para-hydroxylation sites is 4. The molecule has 0 heterocycles. The van der Waals surface area contributed by atoms with Gasteiger partial charge in [-0.1, -0.05) is 24.3 Å². The molecule has 2 N–H and O–H groups in total. The molecule has 0 aliphatic rings. The molecule has 0 bridgehead atoms. The maximum Gasteiger partial charge on any atom is 0.262 e. The maximum absolute atomic E-state index is 12.0. The van der Waals surface area contributed by atoms with Crippen LogP contribution >= 0.6 is 0 Å². The molecule has 0 fully saturated rings. The summed E-state index contributed by atoms with van der Waals surface area (Å²) in [6, 6.07) is 14.0. The molecule has 0 radical (unpaired) electrons. The number of hydrogen-bond acceptors (Lipinski definition) is 4. The molecule has 0 unspecified atom stereocenters. The second-order valence-corrected chi connectivity index (χ2v) is 4.71. The monoisotopic (exact) mass is 314 g/mol. The van der Waals surface area contributed by atoms with E-state index in [1.807, 2.05) is 6.07 Å². The summed E-state index contributed by atoms with van der Waals surface area (Å²) >= 11 is 0. The number of methoxy groups -OCH3 is 1. The molecule has 120 valence electrons. The Balaban J connectivity index is 1.99. The van der Waals surface area contributed by atoms with Gasteiger partial charge < -0.3 is 20.1 Å². The number of ether oxygens (including phenoxy) is 2. The van der Waals surface area contributed by atoms with Crippen LogP contribution in [0, 0.1) is 0 Å². The third kappa shape index (κ3) is 4.74. The minimum Gasteiger partial charge on any atom is -0.493 e. The fraction of sp³-hybridized carbons (Fsp3) is 0.176. The highest BCUT2D eigenvalue weighted by Crippen LogP contribution is 2.26. The summed E-state index contributed by atoms with van der Waals surface area (Å²) in [5.74, 6) is 0.491. The molecule has 0 aliphatic heterocycles. The normalized spacial score (nSPS) is 9.83. The lowest BCUT2D eigenvalue weighted by Crippen LogP contribution is -2.21. The van der Waals surface area contributed by atoms with Crippen molar-refractivity contribution in [3.63, 3.8) is 0 Å². The molecule has 0 saturated heterocycles. The minimum absolute atomic E-state index is 0.172. The van der Waals surface area contributed by atoms with Gasteiger partial charge in [-0.25, -0.2) is 0 Å². The van der Waals surface area contributed by atoms with E-state index < -0.39 is 0 Å². The quantitative estimate of drug-likeness (QED) is 0.859. The van der Waals surface area contributed by atoms with Crippen LogP contribution in [0.1, 0.15) is 6.92 Å². The van der Waals surface area contributed by atoms with Gasteiger partial charge in [0.25, 0.3) is 5.91 Å². The zero-order valence-corrected chi connectivity index (χ0v) is 13.0. The Labute approximate surface area is 134 Å². The first-order chi connectivity index (χ1) is 11.1. The molecule has 0 atom stereocenters. The molecule has 0 saturated carbocycles. The summed E-state index contributed by atoms with van der Waals surface area (Å²) in [7, 11) is 1.53. The molecule has 6 nitrogen and oxygen atoms in total. The lowest BCUT2D eigenvalue weighted by Gasteiger charge is -2.13. The lowest BCUT2D eigenvalue weighted by molar-refractivity contribution is -0.118. The molecule has 0 aliphatic carbocycles. The van der Waals surface area contributed by atoms with E-state index in [2.05, 4.69) is 10.6 Å². The Kier molecular flexibility index (Phi) is 5.57. The van der Waals surface area contributed by atoms with Crippen molar-refractivity contribution in [2.45, 2.75) is 6.92 Å². The first kappa shape index (κ1) is 16.4. The summed E-state index contributed by atoms with van der Waals surface area (Å²) in [4.78, 5) is 23.2. The van der Waals surface area contributed by atoms with Crippen LogP contribution in [0.2, 0.25) is 0 Å². The van der Waals surface area contributed by atoms with E-state index in [0.29, 0.717) is 22.9 Å². The average Bonchev–Trinajstić information content (AvgIpc) is 2.54. The van der Waals surface area contributed by atoms with Crippen molar-refractivity contribution in [2.75, 3.05) is 24.4 Å². The molecular formula is C17H18N2O4. The van der Waals surface area contributed by atoms with Crippen molar-refractivity contribution in [3.05, 3.63) is 48.5 Å². The van der Waals surface area contributed by atoms with Crippen molar-refractivity contribution in [3.8, 4) is 11.5 Å². The molecule has 2 rings (SSSR count). The first-order valence-corrected chi connectivity index (χ1v) is 7.02. The average molecular weight is 314 g/mol. The first-order valence-electron chi connectivity index (χ1n) is 7.02. The summed E-state index contributed by atoms with van der Waals surface area (Å²) in [6.45, 7) is 1.23. The topological polar surface area (TPSA) is 76.7 Å². The summed E-state index contributed by atoms with van der Waals surface area (Å²) < 4.78 is 10.6. The van der Waals surface area contributed by atoms with Crippen molar-refractivity contribution in [1.82, 2.24) is 0 Å². The SMILES string of the molecule is COc1ccccc1OCC(=O)Nc1ccccc1NC(C)=O.